The van der Waals surface area contributed by atoms with Crippen molar-refractivity contribution in [1.29, 1.82) is 0 Å². The molecule has 0 aromatic heterocycles. The zero-order valence-corrected chi connectivity index (χ0v) is 8.51. The van der Waals surface area contributed by atoms with E-state index in [1.807, 2.05) is 24.3 Å². The average molecular weight is 207 g/mol. The van der Waals surface area contributed by atoms with Gasteiger partial charge in [0.25, 0.3) is 0 Å². The second-order valence-electron chi connectivity index (χ2n) is 3.38. The van der Waals surface area contributed by atoms with Crippen molar-refractivity contribution in [1.82, 2.24) is 0 Å². The molecule has 1 heterocycles. The SMILES string of the molecule is COc1ccc(C2=NO[C@@H](CO)C2)cc1. The summed E-state index contributed by atoms with van der Waals surface area (Å²) in [6.45, 7) is 0.00313. The van der Waals surface area contributed by atoms with Gasteiger partial charge in [-0.1, -0.05) is 5.16 Å². The Morgan fingerprint density at radius 1 is 1.47 bits per heavy atom. The summed E-state index contributed by atoms with van der Waals surface area (Å²) >= 11 is 0. The topological polar surface area (TPSA) is 51.0 Å². The van der Waals surface area contributed by atoms with Crippen LogP contribution in [-0.4, -0.2) is 30.6 Å². The van der Waals surface area contributed by atoms with Gasteiger partial charge in [-0.25, -0.2) is 0 Å². The lowest BCUT2D eigenvalue weighted by molar-refractivity contribution is 0.0390. The molecule has 0 amide bonds. The van der Waals surface area contributed by atoms with Gasteiger partial charge in [0.05, 0.1) is 19.4 Å². The molecule has 0 saturated heterocycles. The molecule has 0 bridgehead atoms. The Bertz CT molecular complexity index is 359. The molecule has 0 spiro atoms. The van der Waals surface area contributed by atoms with Crippen LogP contribution in [0.25, 0.3) is 0 Å². The first-order valence-corrected chi connectivity index (χ1v) is 4.81. The van der Waals surface area contributed by atoms with Crippen molar-refractivity contribution in [2.75, 3.05) is 13.7 Å². The Morgan fingerprint density at radius 2 is 2.20 bits per heavy atom. The molecule has 0 radical (unpaired) electrons. The van der Waals surface area contributed by atoms with Crippen LogP contribution in [0.4, 0.5) is 0 Å². The molecule has 80 valence electrons. The van der Waals surface area contributed by atoms with E-state index in [4.69, 9.17) is 14.7 Å². The molecular weight excluding hydrogens is 194 g/mol. The first kappa shape index (κ1) is 9.98. The van der Waals surface area contributed by atoms with E-state index in [2.05, 4.69) is 5.16 Å². The molecule has 0 fully saturated rings. The molecule has 2 rings (SSSR count). The van der Waals surface area contributed by atoms with Crippen LogP contribution in [0.5, 0.6) is 5.75 Å². The predicted octanol–water partition coefficient (Wildman–Crippen LogP) is 1.18. The van der Waals surface area contributed by atoms with Gasteiger partial charge in [-0.05, 0) is 29.8 Å². The molecule has 0 aliphatic carbocycles. The average Bonchev–Trinajstić information content (AvgIpc) is 2.78. The Labute approximate surface area is 88.1 Å². The maximum absolute atomic E-state index is 8.89. The number of ether oxygens (including phenoxy) is 1. The quantitative estimate of drug-likeness (QED) is 0.809. The summed E-state index contributed by atoms with van der Waals surface area (Å²) in [6, 6.07) is 7.62. The number of nitrogens with zero attached hydrogens (tertiary/aromatic N) is 1. The molecular formula is C11H13NO3. The lowest BCUT2D eigenvalue weighted by Gasteiger charge is -2.02. The van der Waals surface area contributed by atoms with E-state index in [1.165, 1.54) is 0 Å². The van der Waals surface area contributed by atoms with Gasteiger partial charge in [-0.2, -0.15) is 0 Å². The maximum atomic E-state index is 8.89. The molecule has 4 nitrogen and oxygen atoms in total. The Balaban J connectivity index is 2.10. The van der Waals surface area contributed by atoms with Gasteiger partial charge >= 0.3 is 0 Å². The molecule has 1 aliphatic rings. The Hall–Kier alpha value is -1.55. The highest BCUT2D eigenvalue weighted by Gasteiger charge is 2.20. The fraction of sp³-hybridized carbons (Fsp3) is 0.364. The van der Waals surface area contributed by atoms with Crippen molar-refractivity contribution in [3.8, 4) is 5.75 Å². The summed E-state index contributed by atoms with van der Waals surface area (Å²) in [7, 11) is 1.63. The second-order valence-corrected chi connectivity index (χ2v) is 3.38. The monoisotopic (exact) mass is 207 g/mol. The predicted molar refractivity (Wildman–Crippen MR) is 56.1 cm³/mol. The van der Waals surface area contributed by atoms with Crippen LogP contribution in [0.15, 0.2) is 29.4 Å². The molecule has 1 aromatic rings. The first-order chi connectivity index (χ1) is 7.33. The normalized spacial score (nSPS) is 19.6. The number of benzene rings is 1. The first-order valence-electron chi connectivity index (χ1n) is 4.81. The minimum Gasteiger partial charge on any atom is -0.497 e. The van der Waals surface area contributed by atoms with E-state index in [1.54, 1.807) is 7.11 Å². The maximum Gasteiger partial charge on any atom is 0.156 e. The van der Waals surface area contributed by atoms with E-state index in [0.29, 0.717) is 6.42 Å². The molecule has 1 aliphatic heterocycles. The third-order valence-corrected chi connectivity index (χ3v) is 2.36. The highest BCUT2D eigenvalue weighted by Crippen LogP contribution is 2.18. The number of aliphatic hydroxyl groups excluding tert-OH is 1. The second kappa shape index (κ2) is 4.31. The molecule has 4 heteroatoms. The summed E-state index contributed by atoms with van der Waals surface area (Å²) < 4.78 is 5.06. The van der Waals surface area contributed by atoms with Crippen molar-refractivity contribution in [2.24, 2.45) is 5.16 Å². The zero-order chi connectivity index (χ0) is 10.7. The van der Waals surface area contributed by atoms with Crippen molar-refractivity contribution in [3.05, 3.63) is 29.8 Å². The standard InChI is InChI=1S/C11H13NO3/c1-14-9-4-2-8(3-5-9)11-6-10(7-13)15-12-11/h2-5,10,13H,6-7H2,1H3/t10-/m1/s1. The number of hydrogen-bond acceptors (Lipinski definition) is 4. The third-order valence-electron chi connectivity index (χ3n) is 2.36. The molecule has 1 N–H and O–H groups in total. The van der Waals surface area contributed by atoms with Crippen molar-refractivity contribution in [3.63, 3.8) is 0 Å². The van der Waals surface area contributed by atoms with Gasteiger partial charge in [0, 0.05) is 6.42 Å². The van der Waals surface area contributed by atoms with E-state index in [-0.39, 0.29) is 12.7 Å². The van der Waals surface area contributed by atoms with Crippen LogP contribution in [0.3, 0.4) is 0 Å². The molecule has 0 saturated carbocycles. The van der Waals surface area contributed by atoms with Crippen LogP contribution >= 0.6 is 0 Å². The number of oxime groups is 1. The highest BCUT2D eigenvalue weighted by atomic mass is 16.6. The lowest BCUT2D eigenvalue weighted by Crippen LogP contribution is -2.12. The van der Waals surface area contributed by atoms with E-state index in [9.17, 15) is 0 Å². The smallest absolute Gasteiger partial charge is 0.156 e. The van der Waals surface area contributed by atoms with E-state index in [0.717, 1.165) is 17.0 Å². The van der Waals surface area contributed by atoms with Crippen LogP contribution < -0.4 is 4.74 Å². The summed E-state index contributed by atoms with van der Waals surface area (Å²) in [5, 5.41) is 12.8. The molecule has 1 aromatic carbocycles. The highest BCUT2D eigenvalue weighted by molar-refractivity contribution is 6.01. The summed E-state index contributed by atoms with van der Waals surface area (Å²) in [4.78, 5) is 5.03. The zero-order valence-electron chi connectivity index (χ0n) is 8.51. The summed E-state index contributed by atoms with van der Waals surface area (Å²) in [5.74, 6) is 0.817. The molecule has 1 atom stereocenters. The van der Waals surface area contributed by atoms with Gasteiger partial charge < -0.3 is 14.7 Å². The van der Waals surface area contributed by atoms with Crippen LogP contribution in [0.2, 0.25) is 0 Å². The molecule has 0 unspecified atom stereocenters. The van der Waals surface area contributed by atoms with Crippen LogP contribution in [0.1, 0.15) is 12.0 Å². The third kappa shape index (κ3) is 2.10. The lowest BCUT2D eigenvalue weighted by atomic mass is 10.1. The van der Waals surface area contributed by atoms with Gasteiger partial charge in [0.1, 0.15) is 5.75 Å². The fourth-order valence-corrected chi connectivity index (χ4v) is 1.48. The Kier molecular flexibility index (Phi) is 2.87. The minimum absolute atomic E-state index is 0.00313. The van der Waals surface area contributed by atoms with Gasteiger partial charge in [0.2, 0.25) is 0 Å². The number of hydrogen-bond donors (Lipinski definition) is 1. The van der Waals surface area contributed by atoms with E-state index < -0.39 is 0 Å². The number of aliphatic hydroxyl groups is 1. The Morgan fingerprint density at radius 3 is 2.73 bits per heavy atom. The van der Waals surface area contributed by atoms with Gasteiger partial charge in [-0.15, -0.1) is 0 Å². The van der Waals surface area contributed by atoms with Crippen molar-refractivity contribution < 1.29 is 14.7 Å². The van der Waals surface area contributed by atoms with Crippen molar-refractivity contribution in [2.45, 2.75) is 12.5 Å². The van der Waals surface area contributed by atoms with E-state index >= 15 is 0 Å². The largest absolute Gasteiger partial charge is 0.497 e. The summed E-state index contributed by atoms with van der Waals surface area (Å²) in [6.07, 6.45) is 0.463. The van der Waals surface area contributed by atoms with Crippen LogP contribution in [0, 0.1) is 0 Å². The van der Waals surface area contributed by atoms with Gasteiger partial charge in [0.15, 0.2) is 6.10 Å². The number of methoxy groups -OCH3 is 1. The van der Waals surface area contributed by atoms with Crippen molar-refractivity contribution >= 4 is 5.71 Å². The fourth-order valence-electron chi connectivity index (χ4n) is 1.48. The number of rotatable bonds is 3. The van der Waals surface area contributed by atoms with Gasteiger partial charge in [-0.3, -0.25) is 0 Å². The molecule has 15 heavy (non-hydrogen) atoms. The minimum atomic E-state index is -0.192. The summed E-state index contributed by atoms with van der Waals surface area (Å²) in [5.41, 5.74) is 1.88. The van der Waals surface area contributed by atoms with Crippen LogP contribution in [-0.2, 0) is 4.84 Å².